The van der Waals surface area contributed by atoms with Crippen molar-refractivity contribution < 1.29 is 19.4 Å². The maximum atomic E-state index is 11.2. The Hall–Kier alpha value is -2.95. The second-order valence-corrected chi connectivity index (χ2v) is 12.2. The number of amides is 1. The summed E-state index contributed by atoms with van der Waals surface area (Å²) in [5.41, 5.74) is 2.31. The first-order chi connectivity index (χ1) is 20.0. The number of nitrogens with one attached hydrogen (secondary N) is 1. The molecule has 2 aliphatic heterocycles. The second kappa shape index (κ2) is 14.5. The number of piperidine rings is 1. The van der Waals surface area contributed by atoms with Crippen LogP contribution in [0.3, 0.4) is 0 Å². The minimum atomic E-state index is 0.0191. The highest BCUT2D eigenvalue weighted by molar-refractivity contribution is 6.34. The minimum absolute atomic E-state index is 0.0191. The summed E-state index contributed by atoms with van der Waals surface area (Å²) in [5, 5.41) is 14.1. The van der Waals surface area contributed by atoms with Gasteiger partial charge in [-0.3, -0.25) is 9.69 Å². The highest BCUT2D eigenvalue weighted by Crippen LogP contribution is 2.27. The van der Waals surface area contributed by atoms with Crippen molar-refractivity contribution in [2.24, 2.45) is 10.9 Å². The van der Waals surface area contributed by atoms with E-state index < -0.39 is 0 Å². The van der Waals surface area contributed by atoms with E-state index in [1.54, 1.807) is 26.1 Å². The molecule has 226 valence electrons. The summed E-state index contributed by atoms with van der Waals surface area (Å²) < 4.78 is 6.07. The van der Waals surface area contributed by atoms with Crippen molar-refractivity contribution in [1.29, 1.82) is 0 Å². The maximum Gasteiger partial charge on any atom is 0.216 e. The number of benzene rings is 1. The summed E-state index contributed by atoms with van der Waals surface area (Å²) in [6.45, 7) is 13.7. The zero-order valence-electron chi connectivity index (χ0n) is 24.7. The normalized spacial score (nSPS) is 18.6. The lowest BCUT2D eigenvalue weighted by Crippen LogP contribution is -2.55. The van der Waals surface area contributed by atoms with E-state index in [-0.39, 0.29) is 10.6 Å². The molecule has 42 heavy (non-hydrogen) atoms. The third kappa shape index (κ3) is 9.81. The van der Waals surface area contributed by atoms with Crippen LogP contribution in [0.2, 0.25) is 10.0 Å². The van der Waals surface area contributed by atoms with Gasteiger partial charge in [-0.25, -0.2) is 15.2 Å². The molecule has 2 aromatic rings. The number of piperazine rings is 1. The molecule has 0 unspecified atom stereocenters. The van der Waals surface area contributed by atoms with Crippen LogP contribution in [0.1, 0.15) is 32.3 Å². The topological polar surface area (TPSA) is 90.3 Å². The smallest absolute Gasteiger partial charge is 0.216 e. The number of likely N-dealkylation sites (N-methyl/N-ethyl adjacent to an activating group) is 1. The Labute approximate surface area is 258 Å². The van der Waals surface area contributed by atoms with Crippen LogP contribution in [-0.2, 0) is 4.79 Å². The van der Waals surface area contributed by atoms with Gasteiger partial charge in [-0.05, 0) is 73.8 Å². The van der Waals surface area contributed by atoms with Crippen molar-refractivity contribution in [3.05, 3.63) is 70.4 Å². The lowest BCUT2D eigenvalue weighted by Gasteiger charge is -2.36. The van der Waals surface area contributed by atoms with Gasteiger partial charge in [0.05, 0.1) is 32.0 Å². The van der Waals surface area contributed by atoms with Crippen LogP contribution in [0, 0.1) is 5.92 Å². The van der Waals surface area contributed by atoms with E-state index in [1.807, 2.05) is 37.4 Å². The zero-order chi connectivity index (χ0) is 30.3. The molecule has 4 rings (SSSR count). The van der Waals surface area contributed by atoms with Gasteiger partial charge in [0, 0.05) is 42.5 Å². The molecule has 1 amide bonds. The summed E-state index contributed by atoms with van der Waals surface area (Å²) in [5.74, 6) is 2.38. The number of carbonyl (C=O) groups is 1. The summed E-state index contributed by atoms with van der Waals surface area (Å²) in [6.07, 6.45) is 5.70. The largest absolute Gasteiger partial charge is 0.442 e. The second-order valence-electron chi connectivity index (χ2n) is 11.4. The number of nitrogens with zero attached hydrogens (tertiary/aromatic N) is 5. The number of aromatic nitrogens is 1. The number of anilines is 1. The summed E-state index contributed by atoms with van der Waals surface area (Å²) in [6, 6.07) is 9.12. The van der Waals surface area contributed by atoms with Crippen molar-refractivity contribution in [2.75, 3.05) is 64.3 Å². The lowest BCUT2D eigenvalue weighted by atomic mass is 9.96. The summed E-state index contributed by atoms with van der Waals surface area (Å²) in [7, 11) is 1.82. The number of pyridine rings is 1. The van der Waals surface area contributed by atoms with Crippen molar-refractivity contribution in [2.45, 2.75) is 26.7 Å². The van der Waals surface area contributed by atoms with Gasteiger partial charge >= 0.3 is 0 Å². The molecule has 0 atom stereocenters. The lowest BCUT2D eigenvalue weighted by molar-refractivity contribution is -1.09. The van der Waals surface area contributed by atoms with Gasteiger partial charge in [0.15, 0.2) is 5.90 Å². The molecule has 1 aromatic carbocycles. The van der Waals surface area contributed by atoms with E-state index in [0.29, 0.717) is 52.9 Å². The fraction of sp³-hybridized carbons (Fsp3) is 0.452. The number of hydrogen-bond acceptors (Lipinski definition) is 7. The first-order valence-corrected chi connectivity index (χ1v) is 15.1. The quantitative estimate of drug-likeness (QED) is 0.172. The Kier molecular flexibility index (Phi) is 11.0. The molecule has 0 bridgehead atoms. The maximum absolute atomic E-state index is 11.2. The van der Waals surface area contributed by atoms with Gasteiger partial charge in [0.25, 0.3) is 0 Å². The molecule has 0 saturated carbocycles. The van der Waals surface area contributed by atoms with Crippen LogP contribution >= 0.6 is 23.2 Å². The van der Waals surface area contributed by atoms with E-state index in [0.717, 1.165) is 62.5 Å². The predicted octanol–water partition coefficient (Wildman–Crippen LogP) is 5.29. The Bertz CT molecular complexity index is 1290. The average molecular weight is 617 g/mol. The summed E-state index contributed by atoms with van der Waals surface area (Å²) >= 11 is 12.7. The van der Waals surface area contributed by atoms with Crippen molar-refractivity contribution in [1.82, 2.24) is 15.2 Å². The SMILES string of the molecule is C=C(/C=C(\N=C(C)Oc1ccc(N2CC[N+](C)(O)CC2)nc1)c1cc(Cl)cc(Cl)c1)CN1CCC(CNC(C)=O)CC1. The molecule has 0 spiro atoms. The number of hydroxylamine groups is 3. The molecular weight excluding hydrogens is 575 g/mol. The number of aliphatic imine (C=N–C) groups is 1. The number of halogens is 2. The van der Waals surface area contributed by atoms with Crippen LogP contribution in [0.4, 0.5) is 5.82 Å². The van der Waals surface area contributed by atoms with Gasteiger partial charge in [-0.1, -0.05) is 29.8 Å². The van der Waals surface area contributed by atoms with Crippen molar-refractivity contribution >= 4 is 46.5 Å². The van der Waals surface area contributed by atoms with E-state index in [4.69, 9.17) is 32.9 Å². The van der Waals surface area contributed by atoms with Crippen molar-refractivity contribution in [3.8, 4) is 5.75 Å². The van der Waals surface area contributed by atoms with Gasteiger partial charge in [0.1, 0.15) is 24.7 Å². The van der Waals surface area contributed by atoms with Gasteiger partial charge < -0.3 is 15.0 Å². The van der Waals surface area contributed by atoms with E-state index in [2.05, 4.69) is 26.7 Å². The van der Waals surface area contributed by atoms with Gasteiger partial charge in [0.2, 0.25) is 5.91 Å². The molecule has 0 radical (unpaired) electrons. The summed E-state index contributed by atoms with van der Waals surface area (Å²) in [4.78, 5) is 25.1. The number of carbonyl (C=O) groups excluding carboxylic acids is 1. The Morgan fingerprint density at radius 3 is 2.43 bits per heavy atom. The number of rotatable bonds is 9. The van der Waals surface area contributed by atoms with Crippen LogP contribution in [-0.4, -0.2) is 90.9 Å². The molecule has 11 heteroatoms. The molecular formula is C31H41Cl2N6O3+. The first-order valence-electron chi connectivity index (χ1n) is 14.3. The number of hydrogen-bond donors (Lipinski definition) is 2. The highest BCUT2D eigenvalue weighted by Gasteiger charge is 2.27. The third-order valence-corrected chi connectivity index (χ3v) is 8.00. The fourth-order valence-electron chi connectivity index (χ4n) is 5.15. The highest BCUT2D eigenvalue weighted by atomic mass is 35.5. The number of ether oxygens (including phenoxy) is 1. The fourth-order valence-corrected chi connectivity index (χ4v) is 5.68. The molecule has 3 heterocycles. The van der Waals surface area contributed by atoms with E-state index in [9.17, 15) is 10.0 Å². The monoisotopic (exact) mass is 615 g/mol. The van der Waals surface area contributed by atoms with Crippen molar-refractivity contribution in [3.63, 3.8) is 0 Å². The number of quaternary nitrogens is 1. The molecule has 2 fully saturated rings. The third-order valence-electron chi connectivity index (χ3n) is 7.56. The van der Waals surface area contributed by atoms with Crippen LogP contribution < -0.4 is 15.0 Å². The minimum Gasteiger partial charge on any atom is -0.442 e. The Balaban J connectivity index is 1.43. The molecule has 2 saturated heterocycles. The average Bonchev–Trinajstić information content (AvgIpc) is 2.92. The molecule has 0 aliphatic carbocycles. The van der Waals surface area contributed by atoms with Crippen LogP contribution in [0.15, 0.2) is 59.7 Å². The zero-order valence-corrected chi connectivity index (χ0v) is 26.2. The number of likely N-dealkylation sites (tertiary alicyclic amines) is 1. The Morgan fingerprint density at radius 1 is 1.17 bits per heavy atom. The molecule has 9 nitrogen and oxygen atoms in total. The molecule has 2 aliphatic rings. The van der Waals surface area contributed by atoms with Gasteiger partial charge in [-0.15, -0.1) is 0 Å². The standard InChI is InChI=1S/C31H40Cl2N6O3/c1-22(21-37-9-7-25(8-10-37)19-34-23(2)40)15-30(26-16-27(32)18-28(33)17-26)36-24(3)42-29-5-6-31(35-20-29)38-11-13-39(4,41)14-12-38/h5-6,15-18,20,25,41H,1,7-14,19,21H2,2-4H3/p+1/b30-15-,36-24?. The van der Waals surface area contributed by atoms with Gasteiger partial charge in [-0.2, -0.15) is 4.65 Å². The predicted molar refractivity (Wildman–Crippen MR) is 169 cm³/mol. The van der Waals surface area contributed by atoms with E-state index in [1.165, 1.54) is 0 Å². The molecule has 1 aromatic heterocycles. The van der Waals surface area contributed by atoms with E-state index >= 15 is 0 Å². The van der Waals surface area contributed by atoms with Crippen LogP contribution in [0.25, 0.3) is 5.70 Å². The van der Waals surface area contributed by atoms with Crippen LogP contribution in [0.5, 0.6) is 5.75 Å². The Morgan fingerprint density at radius 2 is 1.83 bits per heavy atom. The first kappa shape index (κ1) is 32.0. The molecule has 2 N–H and O–H groups in total.